The number of nitrogen functional groups attached to an aromatic ring is 1. The van der Waals surface area contributed by atoms with Crippen LogP contribution in [0.1, 0.15) is 10.4 Å². The lowest BCUT2D eigenvalue weighted by Crippen LogP contribution is -2.22. The molecule has 0 saturated heterocycles. The molecule has 0 atom stereocenters. The maximum absolute atomic E-state index is 12.2. The molecule has 0 bridgehead atoms. The summed E-state index contributed by atoms with van der Waals surface area (Å²) in [6.45, 7) is 0. The van der Waals surface area contributed by atoms with Gasteiger partial charge >= 0.3 is 0 Å². The normalized spacial score (nSPS) is 10.0. The summed E-state index contributed by atoms with van der Waals surface area (Å²) in [6.07, 6.45) is 0. The van der Waals surface area contributed by atoms with Gasteiger partial charge in [-0.25, -0.2) is 0 Å². The summed E-state index contributed by atoms with van der Waals surface area (Å²) in [5, 5.41) is 0. The summed E-state index contributed by atoms with van der Waals surface area (Å²) in [5.41, 5.74) is 6.76. The number of hydrogen-bond acceptors (Lipinski definition) is 4. The van der Waals surface area contributed by atoms with E-state index in [-0.39, 0.29) is 5.91 Å². The molecule has 1 amide bonds. The van der Waals surface area contributed by atoms with E-state index in [0.717, 1.165) is 0 Å². The van der Waals surface area contributed by atoms with Crippen molar-refractivity contribution < 1.29 is 14.3 Å². The summed E-state index contributed by atoms with van der Waals surface area (Å²) < 4.78 is 11.1. The molecule has 0 aliphatic rings. The van der Waals surface area contributed by atoms with Gasteiger partial charge in [0.1, 0.15) is 5.75 Å². The smallest absolute Gasteiger partial charge is 0.257 e. The molecule has 0 radical (unpaired) electrons. The molecule has 0 heterocycles. The number of hydrogen-bond donors (Lipinski definition) is 1. The van der Waals surface area contributed by atoms with E-state index in [1.54, 1.807) is 51.5 Å². The zero-order valence-corrected chi connectivity index (χ0v) is 12.3. The number of carbonyl (C=O) groups is 1. The number of carbonyl (C=O) groups excluding carboxylic acids is 1. The molecule has 0 aliphatic carbocycles. The molecule has 2 rings (SSSR count). The Labute approximate surface area is 123 Å². The molecule has 0 saturated carbocycles. The van der Waals surface area contributed by atoms with Crippen LogP contribution >= 0.6 is 0 Å². The Morgan fingerprint density at radius 3 is 2.33 bits per heavy atom. The average molecular weight is 286 g/mol. The van der Waals surface area contributed by atoms with E-state index in [2.05, 4.69) is 0 Å². The van der Waals surface area contributed by atoms with Crippen molar-refractivity contribution in [3.05, 3.63) is 48.0 Å². The first-order chi connectivity index (χ1) is 10.0. The number of anilines is 1. The number of rotatable bonds is 4. The van der Waals surface area contributed by atoms with Gasteiger partial charge in [-0.05, 0) is 24.3 Å². The Hall–Kier alpha value is -2.69. The predicted octanol–water partition coefficient (Wildman–Crippen LogP) is 2.77. The van der Waals surface area contributed by atoms with Gasteiger partial charge in [0.05, 0.1) is 12.7 Å². The van der Waals surface area contributed by atoms with Gasteiger partial charge in [0, 0.05) is 25.8 Å². The second-order valence-electron chi connectivity index (χ2n) is 4.71. The fourth-order valence-corrected chi connectivity index (χ4v) is 1.86. The molecule has 5 heteroatoms. The van der Waals surface area contributed by atoms with Crippen LogP contribution in [-0.4, -0.2) is 32.0 Å². The van der Waals surface area contributed by atoms with Gasteiger partial charge in [0.25, 0.3) is 5.91 Å². The third-order valence-corrected chi connectivity index (χ3v) is 2.93. The van der Waals surface area contributed by atoms with Gasteiger partial charge in [0.15, 0.2) is 11.5 Å². The largest absolute Gasteiger partial charge is 0.493 e. The molecular formula is C16H18N2O3. The van der Waals surface area contributed by atoms with Crippen molar-refractivity contribution in [2.45, 2.75) is 0 Å². The third kappa shape index (κ3) is 3.25. The maximum atomic E-state index is 12.2. The summed E-state index contributed by atoms with van der Waals surface area (Å²) in [4.78, 5) is 13.7. The molecule has 0 spiro atoms. The first-order valence-corrected chi connectivity index (χ1v) is 6.45. The van der Waals surface area contributed by atoms with Crippen LogP contribution in [0.4, 0.5) is 5.69 Å². The highest BCUT2D eigenvalue weighted by atomic mass is 16.5. The zero-order chi connectivity index (χ0) is 15.4. The molecule has 21 heavy (non-hydrogen) atoms. The van der Waals surface area contributed by atoms with Gasteiger partial charge < -0.3 is 20.1 Å². The molecule has 0 aromatic heterocycles. The Morgan fingerprint density at radius 1 is 1.05 bits per heavy atom. The summed E-state index contributed by atoms with van der Waals surface area (Å²) in [7, 11) is 4.94. The maximum Gasteiger partial charge on any atom is 0.257 e. The van der Waals surface area contributed by atoms with Crippen molar-refractivity contribution in [1.82, 2.24) is 4.90 Å². The lowest BCUT2D eigenvalue weighted by atomic mass is 10.1. The fraction of sp³-hybridized carbons (Fsp3) is 0.188. The van der Waals surface area contributed by atoms with Crippen molar-refractivity contribution in [3.63, 3.8) is 0 Å². The minimum absolute atomic E-state index is 0.153. The van der Waals surface area contributed by atoms with Gasteiger partial charge in [-0.2, -0.15) is 0 Å². The monoisotopic (exact) mass is 286 g/mol. The van der Waals surface area contributed by atoms with E-state index in [1.165, 1.54) is 4.90 Å². The van der Waals surface area contributed by atoms with E-state index in [9.17, 15) is 4.79 Å². The van der Waals surface area contributed by atoms with Crippen LogP contribution in [0.15, 0.2) is 42.5 Å². The summed E-state index contributed by atoms with van der Waals surface area (Å²) in [6, 6.07) is 12.2. The van der Waals surface area contributed by atoms with Crippen LogP contribution in [0.25, 0.3) is 0 Å². The molecule has 2 aromatic carbocycles. The molecular weight excluding hydrogens is 268 g/mol. The average Bonchev–Trinajstić information content (AvgIpc) is 2.47. The highest BCUT2D eigenvalue weighted by molar-refractivity contribution is 5.97. The topological polar surface area (TPSA) is 64.8 Å². The van der Waals surface area contributed by atoms with E-state index in [4.69, 9.17) is 15.2 Å². The number of ether oxygens (including phenoxy) is 2. The van der Waals surface area contributed by atoms with Crippen LogP contribution in [0.3, 0.4) is 0 Å². The number of nitrogens with zero attached hydrogens (tertiary/aromatic N) is 1. The van der Waals surface area contributed by atoms with Crippen molar-refractivity contribution in [2.24, 2.45) is 0 Å². The van der Waals surface area contributed by atoms with E-state index in [1.807, 2.05) is 12.1 Å². The minimum atomic E-state index is -0.153. The SMILES string of the molecule is COc1ccccc1Oc1cc(N)ccc1C(=O)N(C)C. The Kier molecular flexibility index (Phi) is 4.33. The quantitative estimate of drug-likeness (QED) is 0.878. The van der Waals surface area contributed by atoms with E-state index >= 15 is 0 Å². The zero-order valence-electron chi connectivity index (χ0n) is 12.3. The summed E-state index contributed by atoms with van der Waals surface area (Å²) >= 11 is 0. The Balaban J connectivity index is 2.43. The molecule has 5 nitrogen and oxygen atoms in total. The third-order valence-electron chi connectivity index (χ3n) is 2.93. The van der Waals surface area contributed by atoms with Crippen LogP contribution in [-0.2, 0) is 0 Å². The van der Waals surface area contributed by atoms with Crippen LogP contribution < -0.4 is 15.2 Å². The highest BCUT2D eigenvalue weighted by Gasteiger charge is 2.16. The van der Waals surface area contributed by atoms with Crippen molar-refractivity contribution >= 4 is 11.6 Å². The number of methoxy groups -OCH3 is 1. The highest BCUT2D eigenvalue weighted by Crippen LogP contribution is 2.34. The second kappa shape index (κ2) is 6.17. The van der Waals surface area contributed by atoms with Crippen molar-refractivity contribution in [1.29, 1.82) is 0 Å². The van der Waals surface area contributed by atoms with Crippen LogP contribution in [0.2, 0.25) is 0 Å². The van der Waals surface area contributed by atoms with E-state index < -0.39 is 0 Å². The standard InChI is InChI=1S/C16H18N2O3/c1-18(2)16(19)12-9-8-11(17)10-15(12)21-14-7-5-4-6-13(14)20-3/h4-10H,17H2,1-3H3. The molecule has 2 aromatic rings. The molecule has 0 fully saturated rings. The van der Waals surface area contributed by atoms with E-state index in [0.29, 0.717) is 28.5 Å². The fourth-order valence-electron chi connectivity index (χ4n) is 1.86. The van der Waals surface area contributed by atoms with Crippen LogP contribution in [0.5, 0.6) is 17.2 Å². The lowest BCUT2D eigenvalue weighted by molar-refractivity contribution is 0.0825. The van der Waals surface area contributed by atoms with Crippen LogP contribution in [0, 0.1) is 0 Å². The predicted molar refractivity (Wildman–Crippen MR) is 81.9 cm³/mol. The Bertz CT molecular complexity index is 654. The first kappa shape index (κ1) is 14.7. The lowest BCUT2D eigenvalue weighted by Gasteiger charge is -2.16. The van der Waals surface area contributed by atoms with Crippen molar-refractivity contribution in [2.75, 3.05) is 26.9 Å². The minimum Gasteiger partial charge on any atom is -0.493 e. The van der Waals surface area contributed by atoms with Gasteiger partial charge in [0.2, 0.25) is 0 Å². The molecule has 0 unspecified atom stereocenters. The van der Waals surface area contributed by atoms with Gasteiger partial charge in [-0.1, -0.05) is 12.1 Å². The number of benzene rings is 2. The van der Waals surface area contributed by atoms with Gasteiger partial charge in [-0.3, -0.25) is 4.79 Å². The molecule has 2 N–H and O–H groups in total. The number of nitrogens with two attached hydrogens (primary N) is 1. The number of para-hydroxylation sites is 2. The van der Waals surface area contributed by atoms with Crippen molar-refractivity contribution in [3.8, 4) is 17.2 Å². The molecule has 0 aliphatic heterocycles. The number of amides is 1. The Morgan fingerprint density at radius 2 is 1.71 bits per heavy atom. The van der Waals surface area contributed by atoms with Gasteiger partial charge in [-0.15, -0.1) is 0 Å². The second-order valence-corrected chi connectivity index (χ2v) is 4.71. The molecule has 110 valence electrons. The summed E-state index contributed by atoms with van der Waals surface area (Å²) in [5.74, 6) is 1.36. The first-order valence-electron chi connectivity index (χ1n) is 6.45.